The van der Waals surface area contributed by atoms with E-state index in [0.29, 0.717) is 20.5 Å². The largest absolute Gasteiger partial charge is 0.452 e. The van der Waals surface area contributed by atoms with Gasteiger partial charge in [-0.15, -0.1) is 11.3 Å². The second-order valence-corrected chi connectivity index (χ2v) is 8.46. The number of hydrogen-bond acceptors (Lipinski definition) is 7. The lowest BCUT2D eigenvalue weighted by atomic mass is 10.2. The van der Waals surface area contributed by atoms with Crippen LogP contribution in [0.25, 0.3) is 0 Å². The molecule has 3 N–H and O–H groups in total. The number of esters is 1. The quantitative estimate of drug-likeness (QED) is 0.484. The van der Waals surface area contributed by atoms with E-state index in [4.69, 9.17) is 10.5 Å². The van der Waals surface area contributed by atoms with Gasteiger partial charge in [-0.25, -0.2) is 9.78 Å². The normalized spacial score (nSPS) is 10.4. The number of nitrogens with zero attached hydrogens (tertiary/aromatic N) is 1. The summed E-state index contributed by atoms with van der Waals surface area (Å²) < 4.78 is 5.99. The van der Waals surface area contributed by atoms with Crippen LogP contribution in [-0.2, 0) is 9.53 Å². The van der Waals surface area contributed by atoms with E-state index in [2.05, 4.69) is 26.2 Å². The van der Waals surface area contributed by atoms with Gasteiger partial charge in [0.2, 0.25) is 0 Å². The van der Waals surface area contributed by atoms with E-state index < -0.39 is 24.4 Å². The van der Waals surface area contributed by atoms with Crippen molar-refractivity contribution in [2.45, 2.75) is 9.92 Å². The number of amides is 2. The minimum Gasteiger partial charge on any atom is -0.452 e. The first-order valence-corrected chi connectivity index (χ1v) is 10.7. The highest BCUT2D eigenvalue weighted by molar-refractivity contribution is 9.10. The zero-order valence-electron chi connectivity index (χ0n) is 14.8. The van der Waals surface area contributed by atoms with Gasteiger partial charge >= 0.3 is 5.97 Å². The number of anilines is 1. The predicted molar refractivity (Wildman–Crippen MR) is 114 cm³/mol. The van der Waals surface area contributed by atoms with Gasteiger partial charge in [-0.3, -0.25) is 9.59 Å². The van der Waals surface area contributed by atoms with Crippen LogP contribution in [0.3, 0.4) is 0 Å². The lowest BCUT2D eigenvalue weighted by Crippen LogP contribution is -2.22. The topological polar surface area (TPSA) is 111 Å². The number of nitrogens with one attached hydrogen (secondary N) is 1. The molecule has 0 aliphatic rings. The third-order valence-corrected chi connectivity index (χ3v) is 5.87. The van der Waals surface area contributed by atoms with Crippen LogP contribution in [-0.4, -0.2) is 29.4 Å². The van der Waals surface area contributed by atoms with Crippen LogP contribution in [0.5, 0.6) is 0 Å². The SMILES string of the molecule is NC(=O)c1ccsc1NC(=O)COC(=O)c1ccccc1Sc1ccc(Br)cn1. The molecule has 0 spiro atoms. The molecule has 148 valence electrons. The number of benzene rings is 1. The molecule has 10 heteroatoms. The fourth-order valence-corrected chi connectivity index (χ4v) is 4.15. The van der Waals surface area contributed by atoms with E-state index in [0.717, 1.165) is 15.8 Å². The smallest absolute Gasteiger partial charge is 0.339 e. The molecule has 0 unspecified atom stereocenters. The molecule has 0 saturated heterocycles. The minimum atomic E-state index is -0.647. The van der Waals surface area contributed by atoms with Gasteiger partial charge in [-0.1, -0.05) is 23.9 Å². The van der Waals surface area contributed by atoms with Crippen molar-refractivity contribution in [3.8, 4) is 0 Å². The summed E-state index contributed by atoms with van der Waals surface area (Å²) in [7, 11) is 0. The fourth-order valence-electron chi connectivity index (χ4n) is 2.23. The minimum absolute atomic E-state index is 0.207. The Morgan fingerprint density at radius 2 is 1.93 bits per heavy atom. The molecule has 3 aromatic rings. The van der Waals surface area contributed by atoms with Crippen molar-refractivity contribution in [1.82, 2.24) is 4.98 Å². The second kappa shape index (κ2) is 9.68. The maximum atomic E-state index is 12.5. The number of ether oxygens (including phenoxy) is 1. The monoisotopic (exact) mass is 491 g/mol. The average Bonchev–Trinajstić information content (AvgIpc) is 3.17. The van der Waals surface area contributed by atoms with E-state index in [-0.39, 0.29) is 5.56 Å². The molecule has 29 heavy (non-hydrogen) atoms. The van der Waals surface area contributed by atoms with Gasteiger partial charge in [-0.2, -0.15) is 0 Å². The molecule has 0 fully saturated rings. The van der Waals surface area contributed by atoms with Crippen LogP contribution in [0.15, 0.2) is 68.4 Å². The molecule has 1 aromatic carbocycles. The Bertz CT molecular complexity index is 1050. The molecule has 0 bridgehead atoms. The van der Waals surface area contributed by atoms with Crippen LogP contribution in [0, 0.1) is 0 Å². The Morgan fingerprint density at radius 3 is 2.66 bits per heavy atom. The standard InChI is InChI=1S/C19H14BrN3O4S2/c20-11-5-6-16(22-9-11)29-14-4-2-1-3-12(14)19(26)27-10-15(24)23-18-13(17(21)25)7-8-28-18/h1-9H,10H2,(H2,21,25)(H,23,24). The average molecular weight is 492 g/mol. The summed E-state index contributed by atoms with van der Waals surface area (Å²) in [5.74, 6) is -1.85. The van der Waals surface area contributed by atoms with Crippen molar-refractivity contribution < 1.29 is 19.1 Å². The number of carbonyl (C=O) groups is 3. The Kier molecular flexibility index (Phi) is 7.02. The lowest BCUT2D eigenvalue weighted by Gasteiger charge is -2.09. The summed E-state index contributed by atoms with van der Waals surface area (Å²) in [4.78, 5) is 40.8. The van der Waals surface area contributed by atoms with Crippen molar-refractivity contribution in [3.63, 3.8) is 0 Å². The Balaban J connectivity index is 1.63. The van der Waals surface area contributed by atoms with Crippen LogP contribution in [0.4, 0.5) is 5.00 Å². The molecular formula is C19H14BrN3O4S2. The maximum Gasteiger partial charge on any atom is 0.339 e. The van der Waals surface area contributed by atoms with E-state index in [1.165, 1.54) is 17.8 Å². The molecule has 3 rings (SSSR count). The molecule has 0 atom stereocenters. The van der Waals surface area contributed by atoms with Crippen molar-refractivity contribution >= 4 is 61.8 Å². The predicted octanol–water partition coefficient (Wildman–Crippen LogP) is 3.95. The molecule has 7 nitrogen and oxygen atoms in total. The molecule has 2 heterocycles. The van der Waals surface area contributed by atoms with E-state index in [9.17, 15) is 14.4 Å². The summed E-state index contributed by atoms with van der Waals surface area (Å²) in [6, 6.07) is 12.1. The van der Waals surface area contributed by atoms with Crippen LogP contribution >= 0.6 is 39.0 Å². The number of rotatable bonds is 7. The molecular weight excluding hydrogens is 478 g/mol. The number of thiophene rings is 1. The van der Waals surface area contributed by atoms with Gasteiger partial charge in [0, 0.05) is 15.6 Å². The Labute approximate surface area is 182 Å². The van der Waals surface area contributed by atoms with Gasteiger partial charge in [0.15, 0.2) is 6.61 Å². The van der Waals surface area contributed by atoms with Crippen molar-refractivity contribution in [1.29, 1.82) is 0 Å². The molecule has 0 aliphatic carbocycles. The first-order valence-electron chi connectivity index (χ1n) is 8.16. The summed E-state index contributed by atoms with van der Waals surface area (Å²) in [6.07, 6.45) is 1.67. The van der Waals surface area contributed by atoms with Crippen molar-refractivity contribution in [3.05, 3.63) is 69.6 Å². The van der Waals surface area contributed by atoms with Crippen LogP contribution in [0.2, 0.25) is 0 Å². The maximum absolute atomic E-state index is 12.5. The highest BCUT2D eigenvalue weighted by atomic mass is 79.9. The number of primary amides is 1. The van der Waals surface area contributed by atoms with Gasteiger partial charge in [0.25, 0.3) is 11.8 Å². The zero-order chi connectivity index (χ0) is 20.8. The van der Waals surface area contributed by atoms with E-state index in [1.807, 2.05) is 12.1 Å². The molecule has 0 saturated carbocycles. The van der Waals surface area contributed by atoms with Gasteiger partial charge in [0.05, 0.1) is 11.1 Å². The van der Waals surface area contributed by atoms with E-state index in [1.54, 1.807) is 35.8 Å². The number of carbonyl (C=O) groups excluding carboxylic acids is 3. The Morgan fingerprint density at radius 1 is 1.14 bits per heavy atom. The number of hydrogen-bond donors (Lipinski definition) is 2. The molecule has 2 amide bonds. The third kappa shape index (κ3) is 5.66. The molecule has 2 aromatic heterocycles. The number of pyridine rings is 1. The first-order chi connectivity index (χ1) is 13.9. The van der Waals surface area contributed by atoms with Crippen molar-refractivity contribution in [2.75, 3.05) is 11.9 Å². The summed E-state index contributed by atoms with van der Waals surface area (Å²) in [5.41, 5.74) is 5.77. The first kappa shape index (κ1) is 21.0. The molecule has 0 radical (unpaired) electrons. The van der Waals surface area contributed by atoms with Crippen LogP contribution in [0.1, 0.15) is 20.7 Å². The Hall–Kier alpha value is -2.69. The van der Waals surface area contributed by atoms with Gasteiger partial charge < -0.3 is 15.8 Å². The number of halogens is 1. The fraction of sp³-hybridized carbons (Fsp3) is 0.0526. The highest BCUT2D eigenvalue weighted by Gasteiger charge is 2.17. The van der Waals surface area contributed by atoms with E-state index >= 15 is 0 Å². The van der Waals surface area contributed by atoms with Crippen molar-refractivity contribution in [2.24, 2.45) is 5.73 Å². The van der Waals surface area contributed by atoms with Crippen LogP contribution < -0.4 is 11.1 Å². The second-order valence-electron chi connectivity index (χ2n) is 5.56. The summed E-state index contributed by atoms with van der Waals surface area (Å²) in [6.45, 7) is -0.496. The molecule has 0 aliphatic heterocycles. The number of nitrogens with two attached hydrogens (primary N) is 1. The lowest BCUT2D eigenvalue weighted by molar-refractivity contribution is -0.119. The summed E-state index contributed by atoms with van der Waals surface area (Å²) in [5, 5.41) is 5.18. The zero-order valence-corrected chi connectivity index (χ0v) is 18.0. The third-order valence-electron chi connectivity index (χ3n) is 3.54. The summed E-state index contributed by atoms with van der Waals surface area (Å²) >= 11 is 5.79. The van der Waals surface area contributed by atoms with Gasteiger partial charge in [0.1, 0.15) is 10.0 Å². The van der Waals surface area contributed by atoms with Gasteiger partial charge in [-0.05, 0) is 51.6 Å². The highest BCUT2D eigenvalue weighted by Crippen LogP contribution is 2.30. The number of aromatic nitrogens is 1.